The van der Waals surface area contributed by atoms with Crippen LogP contribution in [0.15, 0.2) is 11.6 Å². The number of hydrogen-bond donors (Lipinski definition) is 4. The molecule has 0 aromatic carbocycles. The monoisotopic (exact) mass is 480 g/mol. The van der Waals surface area contributed by atoms with E-state index in [1.54, 1.807) is 19.9 Å². The molecule has 2 heterocycles. The van der Waals surface area contributed by atoms with Gasteiger partial charge in [0, 0.05) is 16.7 Å². The molecule has 2 saturated carbocycles. The largest absolute Gasteiger partial charge is 0.459 e. The lowest BCUT2D eigenvalue weighted by Gasteiger charge is -2.68. The number of aliphatic hydroxyl groups is 4. The first-order valence-electron chi connectivity index (χ1n) is 12.3. The number of allylic oxidation sites excluding steroid dienone is 1. The van der Waals surface area contributed by atoms with Gasteiger partial charge in [-0.25, -0.2) is 4.79 Å². The van der Waals surface area contributed by atoms with Crippen LogP contribution in [0.5, 0.6) is 0 Å². The smallest absolute Gasteiger partial charge is 0.348 e. The molecular weight excluding hydrogens is 444 g/mol. The van der Waals surface area contributed by atoms with E-state index in [1.807, 2.05) is 20.8 Å². The van der Waals surface area contributed by atoms with Gasteiger partial charge in [0.25, 0.3) is 0 Å². The Morgan fingerprint density at radius 2 is 1.88 bits per heavy atom. The maximum Gasteiger partial charge on any atom is 0.348 e. The van der Waals surface area contributed by atoms with E-state index in [1.165, 1.54) is 0 Å². The summed E-state index contributed by atoms with van der Waals surface area (Å²) in [4.78, 5) is 26.0. The Balaban J connectivity index is 1.68. The fraction of sp³-hybridized carbons (Fsp3) is 0.840. The van der Waals surface area contributed by atoms with Crippen LogP contribution in [0.25, 0.3) is 0 Å². The number of aliphatic hydroxyl groups excluding tert-OH is 4. The van der Waals surface area contributed by atoms with Gasteiger partial charge >= 0.3 is 11.9 Å². The predicted molar refractivity (Wildman–Crippen MR) is 117 cm³/mol. The summed E-state index contributed by atoms with van der Waals surface area (Å²) >= 11 is 0. The Bertz CT molecular complexity index is 933. The van der Waals surface area contributed by atoms with E-state index in [4.69, 9.17) is 14.2 Å². The summed E-state index contributed by atoms with van der Waals surface area (Å²) in [5, 5.41) is 44.8. The zero-order chi connectivity index (χ0) is 25.0. The lowest BCUT2D eigenvalue weighted by atomic mass is 9.38. The molecular formula is C25H36O9. The van der Waals surface area contributed by atoms with Crippen molar-refractivity contribution in [1.29, 1.82) is 0 Å². The summed E-state index contributed by atoms with van der Waals surface area (Å²) in [6.45, 7) is 8.95. The minimum absolute atomic E-state index is 0.0656. The van der Waals surface area contributed by atoms with Gasteiger partial charge in [0.1, 0.15) is 17.8 Å². The average molecular weight is 481 g/mol. The Morgan fingerprint density at radius 3 is 2.53 bits per heavy atom. The fourth-order valence-electron chi connectivity index (χ4n) is 8.25. The van der Waals surface area contributed by atoms with Crippen LogP contribution in [-0.4, -0.2) is 81.2 Å². The third-order valence-electron chi connectivity index (χ3n) is 10.1. The summed E-state index contributed by atoms with van der Waals surface area (Å²) in [5.74, 6) is -3.51. The van der Waals surface area contributed by atoms with Gasteiger partial charge in [-0.05, 0) is 32.6 Å². The van der Waals surface area contributed by atoms with Crippen LogP contribution in [0.2, 0.25) is 0 Å². The molecule has 13 atom stereocenters. The van der Waals surface area contributed by atoms with E-state index in [2.05, 4.69) is 0 Å². The summed E-state index contributed by atoms with van der Waals surface area (Å²) in [6.07, 6.45) is -4.53. The van der Waals surface area contributed by atoms with Crippen molar-refractivity contribution in [3.05, 3.63) is 11.6 Å². The Labute approximate surface area is 199 Å². The first kappa shape index (κ1) is 24.2. The van der Waals surface area contributed by atoms with Gasteiger partial charge in [-0.3, -0.25) is 4.79 Å². The molecule has 0 aromatic heterocycles. The molecule has 2 saturated heterocycles. The molecule has 5 aliphatic rings. The normalized spacial score (nSPS) is 54.3. The van der Waals surface area contributed by atoms with Gasteiger partial charge in [0.2, 0.25) is 6.10 Å². The van der Waals surface area contributed by atoms with Crippen molar-refractivity contribution in [2.45, 2.75) is 89.7 Å². The molecule has 2 aliphatic heterocycles. The fourth-order valence-corrected chi connectivity index (χ4v) is 8.25. The van der Waals surface area contributed by atoms with Crippen LogP contribution < -0.4 is 0 Å². The molecule has 5 rings (SSSR count). The molecule has 34 heavy (non-hydrogen) atoms. The molecule has 4 N–H and O–H groups in total. The molecule has 1 spiro atoms. The molecule has 9 nitrogen and oxygen atoms in total. The van der Waals surface area contributed by atoms with E-state index >= 15 is 0 Å². The minimum atomic E-state index is -1.40. The molecule has 0 radical (unpaired) electrons. The zero-order valence-corrected chi connectivity index (χ0v) is 20.3. The van der Waals surface area contributed by atoms with Crippen molar-refractivity contribution >= 4 is 11.9 Å². The highest BCUT2D eigenvalue weighted by Gasteiger charge is 2.82. The van der Waals surface area contributed by atoms with Crippen LogP contribution in [0.1, 0.15) is 47.5 Å². The quantitative estimate of drug-likeness (QED) is 0.332. The zero-order valence-electron chi connectivity index (χ0n) is 20.3. The lowest BCUT2D eigenvalue weighted by molar-refractivity contribution is -0.304. The Morgan fingerprint density at radius 1 is 1.21 bits per heavy atom. The number of rotatable bonds is 3. The predicted octanol–water partition coefficient (Wildman–Crippen LogP) is 0.321. The third kappa shape index (κ3) is 2.68. The van der Waals surface area contributed by atoms with Gasteiger partial charge < -0.3 is 34.6 Å². The van der Waals surface area contributed by atoms with Gasteiger partial charge in [-0.1, -0.05) is 32.4 Å². The molecule has 3 aliphatic carbocycles. The van der Waals surface area contributed by atoms with Gasteiger partial charge in [-0.15, -0.1) is 0 Å². The van der Waals surface area contributed by atoms with Crippen molar-refractivity contribution in [2.75, 3.05) is 6.61 Å². The molecule has 0 amide bonds. The molecule has 4 fully saturated rings. The number of hydrogen-bond acceptors (Lipinski definition) is 9. The molecule has 2 bridgehead atoms. The topological polar surface area (TPSA) is 143 Å². The number of fused-ring (bicyclic) bond motifs is 2. The highest BCUT2D eigenvalue weighted by Crippen LogP contribution is 2.72. The molecule has 0 aromatic rings. The molecule has 9 heteroatoms. The van der Waals surface area contributed by atoms with Crippen LogP contribution in [-0.2, 0) is 23.8 Å². The van der Waals surface area contributed by atoms with Crippen molar-refractivity contribution in [1.82, 2.24) is 0 Å². The maximum absolute atomic E-state index is 13.3. The maximum atomic E-state index is 13.3. The van der Waals surface area contributed by atoms with E-state index in [-0.39, 0.29) is 12.5 Å². The number of carbonyl (C=O) groups is 2. The standard InChI is InChI=1S/C25H36O9/c1-6-10(2)21(30)34-16-18-24(5)20(29)15(27)17-23(4)12(11(3)7-13(26)19(23)28)8-14(33-22(16)31)25(17,18)9-32-24/h7,10,12-20,26-29H,6,8-9H2,1-5H3/t10?,12?,13-,14+,15+,16+,17?,18-,19+,20-,23-,24+,25+/m0/s1. The first-order valence-corrected chi connectivity index (χ1v) is 12.3. The average Bonchev–Trinajstić information content (AvgIpc) is 3.06. The summed E-state index contributed by atoms with van der Waals surface area (Å²) in [6, 6.07) is 0. The Kier molecular flexibility index (Phi) is 5.33. The Hall–Kier alpha value is -1.52. The number of carbonyl (C=O) groups excluding carboxylic acids is 2. The highest BCUT2D eigenvalue weighted by atomic mass is 16.6. The van der Waals surface area contributed by atoms with Gasteiger partial charge in [-0.2, -0.15) is 0 Å². The van der Waals surface area contributed by atoms with Gasteiger partial charge in [0.15, 0.2) is 0 Å². The van der Waals surface area contributed by atoms with E-state index < -0.39 is 82.7 Å². The van der Waals surface area contributed by atoms with Crippen molar-refractivity contribution in [2.24, 2.45) is 34.5 Å². The summed E-state index contributed by atoms with van der Waals surface area (Å²) in [7, 11) is 0. The van der Waals surface area contributed by atoms with Crippen molar-refractivity contribution < 1.29 is 44.2 Å². The van der Waals surface area contributed by atoms with Gasteiger partial charge in [0.05, 0.1) is 36.8 Å². The lowest BCUT2D eigenvalue weighted by Crippen LogP contribution is -2.79. The second-order valence-corrected chi connectivity index (χ2v) is 11.6. The van der Waals surface area contributed by atoms with Crippen molar-refractivity contribution in [3.63, 3.8) is 0 Å². The number of esters is 2. The van der Waals surface area contributed by atoms with E-state index in [0.717, 1.165) is 5.57 Å². The third-order valence-corrected chi connectivity index (χ3v) is 10.1. The highest BCUT2D eigenvalue weighted by molar-refractivity contribution is 5.82. The minimum Gasteiger partial charge on any atom is -0.459 e. The van der Waals surface area contributed by atoms with Crippen LogP contribution >= 0.6 is 0 Å². The van der Waals surface area contributed by atoms with Crippen LogP contribution in [0.3, 0.4) is 0 Å². The van der Waals surface area contributed by atoms with Crippen molar-refractivity contribution in [3.8, 4) is 0 Å². The first-order chi connectivity index (χ1) is 15.8. The van der Waals surface area contributed by atoms with E-state index in [0.29, 0.717) is 12.8 Å². The molecule has 190 valence electrons. The summed E-state index contributed by atoms with van der Waals surface area (Å²) in [5.41, 5.74) is -2.58. The SMILES string of the molecule is CCC(C)C(=O)O[C@H]1C(=O)O[C@@H]2CC3C(C)=C[C@H](O)[C@@H](O)[C@]3(C)C3[C@@H](O)[C@H](O)[C@]4(C)OC[C@]32[C@@H]14. The number of ether oxygens (including phenoxy) is 3. The second-order valence-electron chi connectivity index (χ2n) is 11.6. The van der Waals surface area contributed by atoms with Crippen LogP contribution in [0, 0.1) is 34.5 Å². The van der Waals surface area contributed by atoms with E-state index in [9.17, 15) is 30.0 Å². The molecule has 3 unspecified atom stereocenters. The second kappa shape index (κ2) is 7.49. The van der Waals surface area contributed by atoms with Crippen LogP contribution in [0.4, 0.5) is 0 Å². The summed E-state index contributed by atoms with van der Waals surface area (Å²) < 4.78 is 17.9.